The zero-order valence-corrected chi connectivity index (χ0v) is 13.4. The van der Waals surface area contributed by atoms with Crippen molar-refractivity contribution in [3.8, 4) is 0 Å². The number of aryl methyl sites for hydroxylation is 1. The molecule has 122 valence electrons. The summed E-state index contributed by atoms with van der Waals surface area (Å²) >= 11 is 1.22. The summed E-state index contributed by atoms with van der Waals surface area (Å²) in [4.78, 5) is 28.5. The number of hydrogen-bond donors (Lipinski definition) is 2. The number of amides is 1. The second kappa shape index (κ2) is 7.66. The van der Waals surface area contributed by atoms with Crippen LogP contribution >= 0.6 is 11.3 Å². The Morgan fingerprint density at radius 2 is 2.36 bits per heavy atom. The third-order valence-electron chi connectivity index (χ3n) is 3.53. The fourth-order valence-electron chi connectivity index (χ4n) is 2.46. The number of methoxy groups -OCH3 is 1. The maximum absolute atomic E-state index is 12.4. The van der Waals surface area contributed by atoms with Gasteiger partial charge in [0.25, 0.3) is 5.91 Å². The van der Waals surface area contributed by atoms with Gasteiger partial charge < -0.3 is 19.9 Å². The lowest BCUT2D eigenvalue weighted by molar-refractivity contribution is -0.142. The Bertz CT molecular complexity index is 539. The number of hydrogen-bond acceptors (Lipinski definition) is 6. The fraction of sp³-hybridized carbons (Fsp3) is 0.643. The summed E-state index contributed by atoms with van der Waals surface area (Å²) in [6.07, 6.45) is 1.54. The molecule has 0 radical (unpaired) electrons. The Balaban J connectivity index is 2.08. The first kappa shape index (κ1) is 16.9. The van der Waals surface area contributed by atoms with Gasteiger partial charge in [-0.2, -0.15) is 0 Å². The average Bonchev–Trinajstić information content (AvgIpc) is 2.86. The second-order valence-electron chi connectivity index (χ2n) is 5.22. The van der Waals surface area contributed by atoms with E-state index < -0.39 is 17.9 Å². The number of carbonyl (C=O) groups excluding carboxylic acids is 1. The predicted molar refractivity (Wildman–Crippen MR) is 80.0 cm³/mol. The molecule has 1 aliphatic rings. The molecule has 0 aromatic carbocycles. The van der Waals surface area contributed by atoms with E-state index in [0.29, 0.717) is 35.4 Å². The van der Waals surface area contributed by atoms with Crippen LogP contribution in [0.2, 0.25) is 0 Å². The van der Waals surface area contributed by atoms with Gasteiger partial charge in [0.1, 0.15) is 15.9 Å². The molecule has 1 aromatic rings. The molecule has 22 heavy (non-hydrogen) atoms. The summed E-state index contributed by atoms with van der Waals surface area (Å²) in [7, 11) is 1.56. The number of carboxylic acids is 1. The number of thiazole rings is 1. The van der Waals surface area contributed by atoms with Gasteiger partial charge in [-0.3, -0.25) is 4.79 Å². The van der Waals surface area contributed by atoms with Crippen LogP contribution in [0.1, 0.15) is 33.2 Å². The summed E-state index contributed by atoms with van der Waals surface area (Å²) < 4.78 is 10.3. The van der Waals surface area contributed by atoms with Crippen molar-refractivity contribution in [3.63, 3.8) is 0 Å². The molecule has 2 rings (SSSR count). The molecule has 1 saturated heterocycles. The molecule has 0 saturated carbocycles. The van der Waals surface area contributed by atoms with Crippen LogP contribution in [-0.2, 0) is 20.9 Å². The Morgan fingerprint density at radius 1 is 1.59 bits per heavy atom. The minimum Gasteiger partial charge on any atom is -0.480 e. The molecule has 1 amide bonds. The smallest absolute Gasteiger partial charge is 0.326 e. The van der Waals surface area contributed by atoms with E-state index in [-0.39, 0.29) is 5.92 Å². The summed E-state index contributed by atoms with van der Waals surface area (Å²) in [5.41, 5.74) is 0.582. The summed E-state index contributed by atoms with van der Waals surface area (Å²) in [5, 5.41) is 12.7. The van der Waals surface area contributed by atoms with Crippen LogP contribution in [0, 0.1) is 12.8 Å². The maximum atomic E-state index is 12.4. The molecular weight excluding hydrogens is 308 g/mol. The fourth-order valence-corrected chi connectivity index (χ4v) is 3.40. The SMILES string of the molecule is COCc1nc(C)c(C(=O)NC(C(=O)O)C2CCCOC2)s1. The zero-order valence-electron chi connectivity index (χ0n) is 12.6. The maximum Gasteiger partial charge on any atom is 0.326 e. The van der Waals surface area contributed by atoms with Crippen molar-refractivity contribution < 1.29 is 24.2 Å². The van der Waals surface area contributed by atoms with Gasteiger partial charge in [0.15, 0.2) is 0 Å². The lowest BCUT2D eigenvalue weighted by Gasteiger charge is -2.27. The highest BCUT2D eigenvalue weighted by atomic mass is 32.1. The van der Waals surface area contributed by atoms with Gasteiger partial charge in [-0.1, -0.05) is 0 Å². The van der Waals surface area contributed by atoms with E-state index in [1.807, 2.05) is 0 Å². The van der Waals surface area contributed by atoms with Gasteiger partial charge in [0.2, 0.25) is 0 Å². The van der Waals surface area contributed by atoms with Crippen LogP contribution in [0.15, 0.2) is 0 Å². The van der Waals surface area contributed by atoms with Crippen molar-refractivity contribution in [2.45, 2.75) is 32.4 Å². The van der Waals surface area contributed by atoms with Crippen LogP contribution in [0.5, 0.6) is 0 Å². The van der Waals surface area contributed by atoms with E-state index in [2.05, 4.69) is 10.3 Å². The number of ether oxygens (including phenoxy) is 2. The number of aromatic nitrogens is 1. The first-order valence-corrected chi connectivity index (χ1v) is 7.91. The van der Waals surface area contributed by atoms with E-state index in [1.54, 1.807) is 14.0 Å². The molecule has 2 unspecified atom stereocenters. The largest absolute Gasteiger partial charge is 0.480 e. The predicted octanol–water partition coefficient (Wildman–Crippen LogP) is 1.21. The quantitative estimate of drug-likeness (QED) is 0.814. The number of aliphatic carboxylic acids is 1. The van der Waals surface area contributed by atoms with E-state index in [1.165, 1.54) is 11.3 Å². The first-order valence-electron chi connectivity index (χ1n) is 7.09. The minimum absolute atomic E-state index is 0.207. The van der Waals surface area contributed by atoms with Gasteiger partial charge in [-0.05, 0) is 19.8 Å². The molecule has 1 aliphatic heterocycles. The van der Waals surface area contributed by atoms with Crippen molar-refractivity contribution in [2.24, 2.45) is 5.92 Å². The van der Waals surface area contributed by atoms with Crippen molar-refractivity contribution >= 4 is 23.2 Å². The van der Waals surface area contributed by atoms with Crippen molar-refractivity contribution in [1.29, 1.82) is 0 Å². The average molecular weight is 328 g/mol. The van der Waals surface area contributed by atoms with Gasteiger partial charge >= 0.3 is 5.97 Å². The van der Waals surface area contributed by atoms with Crippen molar-refractivity contribution in [3.05, 3.63) is 15.6 Å². The van der Waals surface area contributed by atoms with Crippen LogP contribution in [0.3, 0.4) is 0 Å². The van der Waals surface area contributed by atoms with Crippen molar-refractivity contribution in [1.82, 2.24) is 10.3 Å². The lowest BCUT2D eigenvalue weighted by atomic mass is 9.93. The summed E-state index contributed by atoms with van der Waals surface area (Å²) in [6.45, 7) is 3.06. The molecule has 0 bridgehead atoms. The van der Waals surface area contributed by atoms with Crippen LogP contribution in [0.25, 0.3) is 0 Å². The van der Waals surface area contributed by atoms with E-state index in [0.717, 1.165) is 12.8 Å². The Labute approximate surface area is 132 Å². The number of rotatable bonds is 6. The summed E-state index contributed by atoms with van der Waals surface area (Å²) in [5.74, 6) is -1.65. The van der Waals surface area contributed by atoms with Gasteiger partial charge in [-0.25, -0.2) is 9.78 Å². The topological polar surface area (TPSA) is 97.8 Å². The molecule has 8 heteroatoms. The monoisotopic (exact) mass is 328 g/mol. The summed E-state index contributed by atoms with van der Waals surface area (Å²) in [6, 6.07) is -0.944. The van der Waals surface area contributed by atoms with Gasteiger partial charge in [0.05, 0.1) is 18.9 Å². The second-order valence-corrected chi connectivity index (χ2v) is 6.31. The Morgan fingerprint density at radius 3 is 2.95 bits per heavy atom. The Hall–Kier alpha value is -1.51. The van der Waals surface area contributed by atoms with Gasteiger partial charge in [-0.15, -0.1) is 11.3 Å². The molecular formula is C14H20N2O5S. The molecule has 1 aromatic heterocycles. The highest BCUT2D eigenvalue weighted by Crippen LogP contribution is 2.21. The molecule has 7 nitrogen and oxygen atoms in total. The normalized spacial score (nSPS) is 19.6. The van der Waals surface area contributed by atoms with Crippen LogP contribution in [-0.4, -0.2) is 48.3 Å². The van der Waals surface area contributed by atoms with E-state index in [4.69, 9.17) is 9.47 Å². The minimum atomic E-state index is -1.04. The third-order valence-corrected chi connectivity index (χ3v) is 4.66. The molecule has 1 fully saturated rings. The molecule has 2 atom stereocenters. The van der Waals surface area contributed by atoms with Crippen molar-refractivity contribution in [2.75, 3.05) is 20.3 Å². The lowest BCUT2D eigenvalue weighted by Crippen LogP contribution is -2.48. The zero-order chi connectivity index (χ0) is 16.1. The standard InChI is InChI=1S/C14H20N2O5S/c1-8-12(22-10(15-8)7-20-2)13(17)16-11(14(18)19)9-4-3-5-21-6-9/h9,11H,3-7H2,1-2H3,(H,16,17)(H,18,19). The van der Waals surface area contributed by atoms with Crippen LogP contribution in [0.4, 0.5) is 0 Å². The highest BCUT2D eigenvalue weighted by molar-refractivity contribution is 7.13. The first-order chi connectivity index (χ1) is 10.5. The molecule has 2 N–H and O–H groups in total. The number of nitrogens with one attached hydrogen (secondary N) is 1. The van der Waals surface area contributed by atoms with E-state index in [9.17, 15) is 14.7 Å². The Kier molecular flexibility index (Phi) is 5.87. The number of carboxylic acid groups (broad SMARTS) is 1. The molecule has 0 aliphatic carbocycles. The van der Waals surface area contributed by atoms with Gasteiger partial charge in [0, 0.05) is 19.6 Å². The molecule has 2 heterocycles. The van der Waals surface area contributed by atoms with E-state index >= 15 is 0 Å². The third kappa shape index (κ3) is 4.02. The number of nitrogens with zero attached hydrogens (tertiary/aromatic N) is 1. The molecule has 0 spiro atoms. The number of carbonyl (C=O) groups is 2. The highest BCUT2D eigenvalue weighted by Gasteiger charge is 2.32. The van der Waals surface area contributed by atoms with Crippen LogP contribution < -0.4 is 5.32 Å².